The van der Waals surface area contributed by atoms with Crippen LogP contribution in [-0.2, 0) is 11.3 Å². The number of piperidine rings is 1. The molecule has 4 heteroatoms. The van der Waals surface area contributed by atoms with E-state index in [9.17, 15) is 0 Å². The molecule has 0 unspecified atom stereocenters. The standard InChI is InChI=1S/C21H27N3O/c1-25-20-16-24(21(20)18-7-11-22-12-8-18)19-9-13-23(14-10-19)15-17-5-3-2-4-6-17/h2-8,11-12,19-21H,9-10,13-16H2,1H3/t20-,21-/m0/s1. The van der Waals surface area contributed by atoms with Crippen LogP contribution in [0.4, 0.5) is 0 Å². The lowest BCUT2D eigenvalue weighted by atomic mass is 9.87. The number of likely N-dealkylation sites (tertiary alicyclic amines) is 2. The molecule has 4 nitrogen and oxygen atoms in total. The van der Waals surface area contributed by atoms with Gasteiger partial charge in [0.15, 0.2) is 0 Å². The van der Waals surface area contributed by atoms with Crippen LogP contribution in [0.15, 0.2) is 54.9 Å². The molecule has 2 atom stereocenters. The third kappa shape index (κ3) is 3.61. The number of benzene rings is 1. The highest BCUT2D eigenvalue weighted by molar-refractivity contribution is 5.21. The van der Waals surface area contributed by atoms with Crippen LogP contribution in [0.2, 0.25) is 0 Å². The average molecular weight is 337 g/mol. The Labute approximate surface area is 150 Å². The lowest BCUT2D eigenvalue weighted by Crippen LogP contribution is -2.60. The minimum atomic E-state index is 0.310. The zero-order valence-corrected chi connectivity index (χ0v) is 14.9. The molecule has 0 aliphatic carbocycles. The summed E-state index contributed by atoms with van der Waals surface area (Å²) in [6.45, 7) is 4.47. The molecule has 2 aliphatic rings. The highest BCUT2D eigenvalue weighted by Crippen LogP contribution is 2.39. The molecule has 0 spiro atoms. The van der Waals surface area contributed by atoms with Gasteiger partial charge in [-0.05, 0) is 49.2 Å². The number of rotatable bonds is 5. The minimum Gasteiger partial charge on any atom is -0.378 e. The third-order valence-electron chi connectivity index (χ3n) is 5.73. The Bertz CT molecular complexity index is 655. The molecule has 2 fully saturated rings. The van der Waals surface area contributed by atoms with Crippen LogP contribution in [0.1, 0.15) is 30.0 Å². The summed E-state index contributed by atoms with van der Waals surface area (Å²) in [7, 11) is 1.83. The summed E-state index contributed by atoms with van der Waals surface area (Å²) in [5, 5.41) is 0. The van der Waals surface area contributed by atoms with Gasteiger partial charge < -0.3 is 4.74 Å². The third-order valence-corrected chi connectivity index (χ3v) is 5.73. The first-order valence-corrected chi connectivity index (χ1v) is 9.30. The Morgan fingerprint density at radius 1 is 1.04 bits per heavy atom. The molecule has 3 heterocycles. The molecular weight excluding hydrogens is 310 g/mol. The van der Waals surface area contributed by atoms with Crippen molar-refractivity contribution in [3.8, 4) is 0 Å². The van der Waals surface area contributed by atoms with E-state index in [4.69, 9.17) is 4.74 Å². The second-order valence-corrected chi connectivity index (χ2v) is 7.19. The monoisotopic (exact) mass is 337 g/mol. The molecule has 25 heavy (non-hydrogen) atoms. The molecule has 2 aromatic rings. The average Bonchev–Trinajstić information content (AvgIpc) is 2.64. The zero-order chi connectivity index (χ0) is 17.1. The van der Waals surface area contributed by atoms with E-state index in [0.717, 1.165) is 13.1 Å². The molecule has 132 valence electrons. The van der Waals surface area contributed by atoms with Crippen LogP contribution in [0.25, 0.3) is 0 Å². The highest BCUT2D eigenvalue weighted by atomic mass is 16.5. The molecular formula is C21H27N3O. The van der Waals surface area contributed by atoms with Crippen molar-refractivity contribution in [2.24, 2.45) is 0 Å². The van der Waals surface area contributed by atoms with Gasteiger partial charge in [-0.25, -0.2) is 0 Å². The fourth-order valence-electron chi connectivity index (χ4n) is 4.29. The van der Waals surface area contributed by atoms with E-state index in [1.54, 1.807) is 0 Å². The quantitative estimate of drug-likeness (QED) is 0.838. The Balaban J connectivity index is 1.36. The first-order chi connectivity index (χ1) is 12.3. The summed E-state index contributed by atoms with van der Waals surface area (Å²) in [5.41, 5.74) is 2.75. The van der Waals surface area contributed by atoms with Crippen LogP contribution >= 0.6 is 0 Å². The topological polar surface area (TPSA) is 28.6 Å². The fourth-order valence-corrected chi connectivity index (χ4v) is 4.29. The molecule has 2 saturated heterocycles. The summed E-state index contributed by atoms with van der Waals surface area (Å²) >= 11 is 0. The predicted octanol–water partition coefficient (Wildman–Crippen LogP) is 3.12. The Hall–Kier alpha value is -1.75. The largest absolute Gasteiger partial charge is 0.378 e. The molecule has 0 N–H and O–H groups in total. The van der Waals surface area contributed by atoms with Crippen LogP contribution in [0.3, 0.4) is 0 Å². The summed E-state index contributed by atoms with van der Waals surface area (Å²) < 4.78 is 5.70. The van der Waals surface area contributed by atoms with Crippen molar-refractivity contribution in [1.82, 2.24) is 14.8 Å². The molecule has 1 aromatic carbocycles. The van der Waals surface area contributed by atoms with Crippen LogP contribution in [0.5, 0.6) is 0 Å². The van der Waals surface area contributed by atoms with E-state index in [0.29, 0.717) is 18.2 Å². The van der Waals surface area contributed by atoms with Crippen molar-refractivity contribution >= 4 is 0 Å². The second kappa shape index (κ2) is 7.65. The van der Waals surface area contributed by atoms with E-state index >= 15 is 0 Å². The maximum Gasteiger partial charge on any atom is 0.0895 e. The summed E-state index contributed by atoms with van der Waals surface area (Å²) in [4.78, 5) is 9.38. The van der Waals surface area contributed by atoms with Gasteiger partial charge in [0, 0.05) is 38.6 Å². The lowest BCUT2D eigenvalue weighted by Gasteiger charge is -2.53. The van der Waals surface area contributed by atoms with Gasteiger partial charge in [-0.3, -0.25) is 14.8 Å². The number of aromatic nitrogens is 1. The van der Waals surface area contributed by atoms with E-state index in [2.05, 4.69) is 57.2 Å². The number of hydrogen-bond donors (Lipinski definition) is 0. The maximum atomic E-state index is 5.70. The van der Waals surface area contributed by atoms with Crippen molar-refractivity contribution in [2.45, 2.75) is 37.6 Å². The second-order valence-electron chi connectivity index (χ2n) is 7.19. The van der Waals surface area contributed by atoms with E-state index in [-0.39, 0.29) is 0 Å². The van der Waals surface area contributed by atoms with Crippen LogP contribution in [0, 0.1) is 0 Å². The van der Waals surface area contributed by atoms with Gasteiger partial charge >= 0.3 is 0 Å². The molecule has 0 radical (unpaired) electrons. The van der Waals surface area contributed by atoms with Gasteiger partial charge in [-0.1, -0.05) is 30.3 Å². The summed E-state index contributed by atoms with van der Waals surface area (Å²) in [5.74, 6) is 0. The maximum absolute atomic E-state index is 5.70. The van der Waals surface area contributed by atoms with Gasteiger partial charge in [0.25, 0.3) is 0 Å². The Kier molecular flexibility index (Phi) is 5.11. The number of hydrogen-bond acceptors (Lipinski definition) is 4. The number of ether oxygens (including phenoxy) is 1. The SMILES string of the molecule is CO[C@H]1CN(C2CCN(Cc3ccccc3)CC2)[C@H]1c1ccncc1. The Morgan fingerprint density at radius 2 is 1.76 bits per heavy atom. The van der Waals surface area contributed by atoms with Gasteiger partial charge in [-0.15, -0.1) is 0 Å². The van der Waals surface area contributed by atoms with E-state index in [1.807, 2.05) is 19.5 Å². The smallest absolute Gasteiger partial charge is 0.0895 e. The normalized spacial score (nSPS) is 25.6. The number of pyridine rings is 1. The van der Waals surface area contributed by atoms with Crippen molar-refractivity contribution < 1.29 is 4.74 Å². The molecule has 4 rings (SSSR count). The van der Waals surface area contributed by atoms with Gasteiger partial charge in [0.2, 0.25) is 0 Å². The van der Waals surface area contributed by atoms with Gasteiger partial charge in [0.05, 0.1) is 12.1 Å². The lowest BCUT2D eigenvalue weighted by molar-refractivity contribution is -0.116. The fraction of sp³-hybridized carbons (Fsp3) is 0.476. The molecule has 0 amide bonds. The molecule has 0 bridgehead atoms. The zero-order valence-electron chi connectivity index (χ0n) is 14.9. The van der Waals surface area contributed by atoms with Crippen LogP contribution < -0.4 is 0 Å². The van der Waals surface area contributed by atoms with Crippen molar-refractivity contribution in [3.05, 3.63) is 66.0 Å². The number of nitrogens with zero attached hydrogens (tertiary/aromatic N) is 3. The first-order valence-electron chi connectivity index (χ1n) is 9.30. The van der Waals surface area contributed by atoms with Gasteiger partial charge in [-0.2, -0.15) is 0 Å². The van der Waals surface area contributed by atoms with E-state index < -0.39 is 0 Å². The van der Waals surface area contributed by atoms with E-state index in [1.165, 1.54) is 37.1 Å². The van der Waals surface area contributed by atoms with Crippen LogP contribution in [-0.4, -0.2) is 53.7 Å². The van der Waals surface area contributed by atoms with Crippen molar-refractivity contribution in [3.63, 3.8) is 0 Å². The number of methoxy groups -OCH3 is 1. The Morgan fingerprint density at radius 3 is 2.44 bits per heavy atom. The van der Waals surface area contributed by atoms with Crippen molar-refractivity contribution in [1.29, 1.82) is 0 Å². The molecule has 2 aliphatic heterocycles. The minimum absolute atomic E-state index is 0.310. The van der Waals surface area contributed by atoms with Gasteiger partial charge in [0.1, 0.15) is 0 Å². The predicted molar refractivity (Wildman–Crippen MR) is 99.2 cm³/mol. The summed E-state index contributed by atoms with van der Waals surface area (Å²) in [6, 6.07) is 16.1. The van der Waals surface area contributed by atoms with Crippen molar-refractivity contribution in [2.75, 3.05) is 26.7 Å². The molecule has 0 saturated carbocycles. The highest BCUT2D eigenvalue weighted by Gasteiger charge is 2.44. The summed E-state index contributed by atoms with van der Waals surface area (Å²) in [6.07, 6.45) is 6.57. The first kappa shape index (κ1) is 16.7. The molecule has 1 aromatic heterocycles.